The van der Waals surface area contributed by atoms with Crippen LogP contribution in [-0.2, 0) is 4.79 Å². The highest BCUT2D eigenvalue weighted by molar-refractivity contribution is 9.10. The Kier molecular flexibility index (Phi) is 4.43. The second-order valence-electron chi connectivity index (χ2n) is 4.74. The third-order valence-corrected chi connectivity index (χ3v) is 4.13. The normalized spacial score (nSPS) is 15.2. The van der Waals surface area contributed by atoms with Crippen LogP contribution < -0.4 is 4.90 Å². The molecule has 1 aliphatic carbocycles. The Morgan fingerprint density at radius 3 is 2.68 bits per heavy atom. The van der Waals surface area contributed by atoms with Crippen molar-refractivity contribution in [2.24, 2.45) is 0 Å². The Labute approximate surface area is 120 Å². The van der Waals surface area contributed by atoms with Crippen molar-refractivity contribution in [1.82, 2.24) is 0 Å². The van der Waals surface area contributed by atoms with Gasteiger partial charge in [-0.15, -0.1) is 0 Å². The topological polar surface area (TPSA) is 64.3 Å². The largest absolute Gasteiger partial charge is 0.480 e. The van der Waals surface area contributed by atoms with E-state index in [0.717, 1.165) is 31.4 Å². The lowest BCUT2D eigenvalue weighted by Gasteiger charge is -2.29. The number of carbonyl (C=O) groups is 1. The van der Waals surface area contributed by atoms with Crippen LogP contribution in [0.1, 0.15) is 31.2 Å². The number of hydrogen-bond donors (Lipinski definition) is 1. The molecule has 0 radical (unpaired) electrons. The maximum atomic E-state index is 11.0. The molecule has 5 heteroatoms. The number of aliphatic carboxylic acids is 1. The van der Waals surface area contributed by atoms with Crippen LogP contribution in [0.3, 0.4) is 0 Å². The van der Waals surface area contributed by atoms with Crippen LogP contribution in [0.2, 0.25) is 0 Å². The van der Waals surface area contributed by atoms with Gasteiger partial charge in [0.05, 0.1) is 5.56 Å². The molecule has 1 N–H and O–H groups in total. The Hall–Kier alpha value is -1.54. The molecule has 0 bridgehead atoms. The summed E-state index contributed by atoms with van der Waals surface area (Å²) in [5.41, 5.74) is 1.42. The molecule has 19 heavy (non-hydrogen) atoms. The number of carboxylic acid groups (broad SMARTS) is 1. The number of hydrogen-bond acceptors (Lipinski definition) is 3. The van der Waals surface area contributed by atoms with Gasteiger partial charge in [-0.05, 0) is 47.0 Å². The van der Waals surface area contributed by atoms with Gasteiger partial charge in [0.25, 0.3) is 0 Å². The molecule has 0 heterocycles. The third-order valence-electron chi connectivity index (χ3n) is 3.48. The number of carboxylic acids is 1. The molecular formula is C14H15BrN2O2. The van der Waals surface area contributed by atoms with Gasteiger partial charge in [-0.2, -0.15) is 5.26 Å². The Morgan fingerprint density at radius 1 is 1.47 bits per heavy atom. The summed E-state index contributed by atoms with van der Waals surface area (Å²) in [6, 6.07) is 7.76. The average molecular weight is 323 g/mol. The van der Waals surface area contributed by atoms with Crippen molar-refractivity contribution in [3.8, 4) is 6.07 Å². The molecule has 100 valence electrons. The van der Waals surface area contributed by atoms with Crippen molar-refractivity contribution < 1.29 is 9.90 Å². The summed E-state index contributed by atoms with van der Waals surface area (Å²) in [5, 5.41) is 18.0. The maximum absolute atomic E-state index is 11.0. The van der Waals surface area contributed by atoms with Crippen molar-refractivity contribution in [1.29, 1.82) is 5.26 Å². The van der Waals surface area contributed by atoms with Gasteiger partial charge >= 0.3 is 5.97 Å². The van der Waals surface area contributed by atoms with Crippen molar-refractivity contribution in [3.05, 3.63) is 28.2 Å². The zero-order valence-electron chi connectivity index (χ0n) is 10.5. The summed E-state index contributed by atoms with van der Waals surface area (Å²) in [6.45, 7) is 0.00298. The minimum absolute atomic E-state index is 0.00298. The molecule has 2 rings (SSSR count). The van der Waals surface area contributed by atoms with Gasteiger partial charge in [0.15, 0.2) is 0 Å². The lowest BCUT2D eigenvalue weighted by molar-refractivity contribution is -0.135. The molecule has 1 saturated carbocycles. The Bertz CT molecular complexity index is 519. The highest BCUT2D eigenvalue weighted by Gasteiger charge is 2.25. The van der Waals surface area contributed by atoms with Crippen molar-refractivity contribution in [2.75, 3.05) is 11.4 Å². The molecule has 1 aliphatic rings. The van der Waals surface area contributed by atoms with E-state index < -0.39 is 5.97 Å². The zero-order valence-corrected chi connectivity index (χ0v) is 12.1. The average Bonchev–Trinajstić information content (AvgIpc) is 2.89. The van der Waals surface area contributed by atoms with E-state index in [-0.39, 0.29) is 12.6 Å². The SMILES string of the molecule is N#Cc1ccc(N(CC(=O)O)C2CCCC2)cc1Br. The smallest absolute Gasteiger partial charge is 0.323 e. The highest BCUT2D eigenvalue weighted by atomic mass is 79.9. The van der Waals surface area contributed by atoms with Crippen molar-refractivity contribution in [2.45, 2.75) is 31.7 Å². The van der Waals surface area contributed by atoms with E-state index in [9.17, 15) is 4.79 Å². The van der Waals surface area contributed by atoms with Gasteiger partial charge in [0.1, 0.15) is 12.6 Å². The highest BCUT2D eigenvalue weighted by Crippen LogP contribution is 2.30. The second-order valence-corrected chi connectivity index (χ2v) is 5.59. The van der Waals surface area contributed by atoms with E-state index in [1.807, 2.05) is 17.0 Å². The quantitative estimate of drug-likeness (QED) is 0.924. The minimum atomic E-state index is -0.826. The first-order valence-electron chi connectivity index (χ1n) is 6.30. The fraction of sp³-hybridized carbons (Fsp3) is 0.429. The molecule has 1 aromatic rings. The summed E-state index contributed by atoms with van der Waals surface area (Å²) >= 11 is 3.35. The Morgan fingerprint density at radius 2 is 2.16 bits per heavy atom. The summed E-state index contributed by atoms with van der Waals surface area (Å²) in [5.74, 6) is -0.826. The maximum Gasteiger partial charge on any atom is 0.323 e. The predicted octanol–water partition coefficient (Wildman–Crippen LogP) is 3.15. The molecule has 0 atom stereocenters. The molecule has 4 nitrogen and oxygen atoms in total. The van der Waals surface area contributed by atoms with Gasteiger partial charge in [0.2, 0.25) is 0 Å². The van der Waals surface area contributed by atoms with E-state index in [0.29, 0.717) is 10.0 Å². The van der Waals surface area contributed by atoms with E-state index in [2.05, 4.69) is 22.0 Å². The van der Waals surface area contributed by atoms with Crippen LogP contribution in [-0.4, -0.2) is 23.7 Å². The summed E-state index contributed by atoms with van der Waals surface area (Å²) in [6.07, 6.45) is 4.37. The standard InChI is InChI=1S/C14H15BrN2O2/c15-13-7-12(6-5-10(13)8-16)17(9-14(18)19)11-3-1-2-4-11/h5-7,11H,1-4,9H2,(H,18,19). The fourth-order valence-corrected chi connectivity index (χ4v) is 3.02. The number of anilines is 1. The van der Waals surface area contributed by atoms with Crippen molar-refractivity contribution in [3.63, 3.8) is 0 Å². The number of rotatable bonds is 4. The number of nitriles is 1. The second kappa shape index (κ2) is 6.07. The van der Waals surface area contributed by atoms with Crippen molar-refractivity contribution >= 4 is 27.6 Å². The van der Waals surface area contributed by atoms with Gasteiger partial charge in [0, 0.05) is 16.2 Å². The van der Waals surface area contributed by atoms with Gasteiger partial charge < -0.3 is 10.0 Å². The number of benzene rings is 1. The molecule has 0 aliphatic heterocycles. The predicted molar refractivity (Wildman–Crippen MR) is 76.1 cm³/mol. The summed E-state index contributed by atoms with van der Waals surface area (Å²) in [4.78, 5) is 13.0. The first kappa shape index (κ1) is 13.9. The molecule has 0 amide bonds. The molecule has 0 aromatic heterocycles. The minimum Gasteiger partial charge on any atom is -0.480 e. The monoisotopic (exact) mass is 322 g/mol. The molecule has 1 fully saturated rings. The lowest BCUT2D eigenvalue weighted by Crippen LogP contribution is -2.37. The molecule has 0 saturated heterocycles. The molecule has 1 aromatic carbocycles. The zero-order chi connectivity index (χ0) is 13.8. The molecule has 0 spiro atoms. The van der Waals surface area contributed by atoms with E-state index in [1.165, 1.54) is 0 Å². The van der Waals surface area contributed by atoms with Gasteiger partial charge in [-0.1, -0.05) is 12.8 Å². The lowest BCUT2D eigenvalue weighted by atomic mass is 10.1. The van der Waals surface area contributed by atoms with Crippen LogP contribution >= 0.6 is 15.9 Å². The van der Waals surface area contributed by atoms with Crippen LogP contribution in [0.15, 0.2) is 22.7 Å². The Balaban J connectivity index is 2.29. The first-order valence-corrected chi connectivity index (χ1v) is 7.09. The third kappa shape index (κ3) is 3.27. The number of nitrogens with zero attached hydrogens (tertiary/aromatic N) is 2. The van der Waals surface area contributed by atoms with Crippen LogP contribution in [0.25, 0.3) is 0 Å². The van der Waals surface area contributed by atoms with Gasteiger partial charge in [-0.25, -0.2) is 0 Å². The van der Waals surface area contributed by atoms with E-state index in [1.54, 1.807) is 6.07 Å². The number of halogens is 1. The van der Waals surface area contributed by atoms with Crippen LogP contribution in [0, 0.1) is 11.3 Å². The van der Waals surface area contributed by atoms with E-state index >= 15 is 0 Å². The molecule has 0 unspecified atom stereocenters. The molecular weight excluding hydrogens is 308 g/mol. The fourth-order valence-electron chi connectivity index (χ4n) is 2.57. The first-order chi connectivity index (χ1) is 9.11. The van der Waals surface area contributed by atoms with E-state index in [4.69, 9.17) is 10.4 Å². The summed E-state index contributed by atoms with van der Waals surface area (Å²) < 4.78 is 0.709. The van der Waals surface area contributed by atoms with Crippen LogP contribution in [0.5, 0.6) is 0 Å². The van der Waals surface area contributed by atoms with Crippen LogP contribution in [0.4, 0.5) is 5.69 Å². The van der Waals surface area contributed by atoms with Gasteiger partial charge in [-0.3, -0.25) is 4.79 Å². The summed E-state index contributed by atoms with van der Waals surface area (Å²) in [7, 11) is 0.